The minimum atomic E-state index is -3.83. The van der Waals surface area contributed by atoms with E-state index in [-0.39, 0.29) is 6.42 Å². The van der Waals surface area contributed by atoms with Gasteiger partial charge in [-0.1, -0.05) is 0 Å². The quantitative estimate of drug-likeness (QED) is 0.557. The van der Waals surface area contributed by atoms with E-state index in [2.05, 4.69) is 0 Å². The lowest BCUT2D eigenvalue weighted by Crippen LogP contribution is -2.58. The SMILES string of the molecule is C[C@]1(CO)C(C(=O)O)N2C(=O)CC2S1(=O)=O. The first kappa shape index (κ1) is 11.3. The summed E-state index contributed by atoms with van der Waals surface area (Å²) in [5, 5.41) is 17.0. The molecule has 3 atom stereocenters. The fraction of sp³-hybridized carbons (Fsp3) is 0.750. The van der Waals surface area contributed by atoms with Gasteiger partial charge in [0.05, 0.1) is 13.0 Å². The smallest absolute Gasteiger partial charge is 0.328 e. The molecule has 7 nitrogen and oxygen atoms in total. The van der Waals surface area contributed by atoms with Gasteiger partial charge in [0, 0.05) is 0 Å². The number of carbonyl (C=O) groups excluding carboxylic acids is 1. The summed E-state index contributed by atoms with van der Waals surface area (Å²) in [6.07, 6.45) is -0.193. The number of carboxylic acids is 1. The predicted octanol–water partition coefficient (Wildman–Crippen LogP) is -1.82. The Kier molecular flexibility index (Phi) is 2.09. The monoisotopic (exact) mass is 249 g/mol. The number of aliphatic carboxylic acids is 1. The van der Waals surface area contributed by atoms with Crippen LogP contribution < -0.4 is 0 Å². The minimum Gasteiger partial charge on any atom is -0.480 e. The van der Waals surface area contributed by atoms with Crippen molar-refractivity contribution in [3.05, 3.63) is 0 Å². The van der Waals surface area contributed by atoms with Gasteiger partial charge < -0.3 is 15.1 Å². The molecule has 0 aromatic heterocycles. The number of amides is 1. The number of hydrogen-bond donors (Lipinski definition) is 2. The first-order valence-electron chi connectivity index (χ1n) is 4.65. The van der Waals surface area contributed by atoms with Gasteiger partial charge in [0.15, 0.2) is 15.9 Å². The number of carbonyl (C=O) groups is 2. The Morgan fingerprint density at radius 2 is 2.19 bits per heavy atom. The maximum atomic E-state index is 12.0. The molecule has 0 radical (unpaired) electrons. The molecular weight excluding hydrogens is 238 g/mol. The van der Waals surface area contributed by atoms with Crippen molar-refractivity contribution < 1.29 is 28.2 Å². The lowest BCUT2D eigenvalue weighted by Gasteiger charge is -2.35. The Balaban J connectivity index is 2.59. The molecule has 2 N–H and O–H groups in total. The molecule has 0 aliphatic carbocycles. The van der Waals surface area contributed by atoms with Gasteiger partial charge in [-0.25, -0.2) is 13.2 Å². The molecule has 2 aliphatic rings. The number of fused-ring (bicyclic) bond motifs is 1. The number of nitrogens with zero attached hydrogens (tertiary/aromatic N) is 1. The number of aliphatic hydroxyl groups is 1. The van der Waals surface area contributed by atoms with E-state index in [1.165, 1.54) is 0 Å². The van der Waals surface area contributed by atoms with Crippen molar-refractivity contribution in [1.29, 1.82) is 0 Å². The maximum absolute atomic E-state index is 12.0. The van der Waals surface area contributed by atoms with Gasteiger partial charge in [-0.3, -0.25) is 4.79 Å². The van der Waals surface area contributed by atoms with Crippen LogP contribution in [0.4, 0.5) is 0 Å². The van der Waals surface area contributed by atoms with Crippen molar-refractivity contribution >= 4 is 21.7 Å². The van der Waals surface area contributed by atoms with Crippen LogP contribution in [-0.4, -0.2) is 58.2 Å². The van der Waals surface area contributed by atoms with Gasteiger partial charge in [0.25, 0.3) is 0 Å². The largest absolute Gasteiger partial charge is 0.480 e. The van der Waals surface area contributed by atoms with Gasteiger partial charge in [0.2, 0.25) is 5.91 Å². The molecule has 0 aromatic rings. The van der Waals surface area contributed by atoms with E-state index in [0.29, 0.717) is 0 Å². The second-order valence-corrected chi connectivity index (χ2v) is 6.78. The van der Waals surface area contributed by atoms with Crippen LogP contribution in [0.3, 0.4) is 0 Å². The molecule has 16 heavy (non-hydrogen) atoms. The summed E-state index contributed by atoms with van der Waals surface area (Å²) in [5.41, 5.74) is 0. The second-order valence-electron chi connectivity index (χ2n) is 4.22. The van der Waals surface area contributed by atoms with E-state index in [1.807, 2.05) is 0 Å². The highest BCUT2D eigenvalue weighted by molar-refractivity contribution is 7.93. The Morgan fingerprint density at radius 3 is 2.56 bits per heavy atom. The summed E-state index contributed by atoms with van der Waals surface area (Å²) in [6.45, 7) is 0.347. The minimum absolute atomic E-state index is 0.193. The van der Waals surface area contributed by atoms with Gasteiger partial charge in [0.1, 0.15) is 10.1 Å². The van der Waals surface area contributed by atoms with E-state index < -0.39 is 44.5 Å². The van der Waals surface area contributed by atoms with Crippen molar-refractivity contribution in [2.75, 3.05) is 6.61 Å². The third kappa shape index (κ3) is 0.983. The zero-order chi connectivity index (χ0) is 12.3. The fourth-order valence-corrected chi connectivity index (χ4v) is 4.52. The molecule has 1 amide bonds. The zero-order valence-electron chi connectivity index (χ0n) is 8.45. The number of hydrogen-bond acceptors (Lipinski definition) is 5. The number of sulfone groups is 1. The van der Waals surface area contributed by atoms with Crippen molar-refractivity contribution in [2.45, 2.75) is 29.5 Å². The van der Waals surface area contributed by atoms with Gasteiger partial charge in [-0.15, -0.1) is 0 Å². The molecule has 2 saturated heterocycles. The highest BCUT2D eigenvalue weighted by Gasteiger charge is 2.69. The van der Waals surface area contributed by atoms with Crippen LogP contribution in [0.5, 0.6) is 0 Å². The maximum Gasteiger partial charge on any atom is 0.328 e. The lowest BCUT2D eigenvalue weighted by atomic mass is 9.97. The van der Waals surface area contributed by atoms with Crippen molar-refractivity contribution in [3.63, 3.8) is 0 Å². The lowest BCUT2D eigenvalue weighted by molar-refractivity contribution is -0.157. The zero-order valence-corrected chi connectivity index (χ0v) is 9.27. The Morgan fingerprint density at radius 1 is 1.62 bits per heavy atom. The summed E-state index contributed by atoms with van der Waals surface area (Å²) in [7, 11) is -3.83. The fourth-order valence-electron chi connectivity index (χ4n) is 2.29. The summed E-state index contributed by atoms with van der Waals surface area (Å²) in [5.74, 6) is -1.91. The summed E-state index contributed by atoms with van der Waals surface area (Å²) < 4.78 is 22.1. The number of carboxylic acid groups (broad SMARTS) is 1. The van der Waals surface area contributed by atoms with Gasteiger partial charge >= 0.3 is 5.97 Å². The predicted molar refractivity (Wildman–Crippen MR) is 51.1 cm³/mol. The van der Waals surface area contributed by atoms with Crippen LogP contribution in [0, 0.1) is 0 Å². The molecule has 2 unspecified atom stereocenters. The van der Waals surface area contributed by atoms with Crippen molar-refractivity contribution in [3.8, 4) is 0 Å². The summed E-state index contributed by atoms with van der Waals surface area (Å²) >= 11 is 0. The van der Waals surface area contributed by atoms with Gasteiger partial charge in [-0.2, -0.15) is 0 Å². The second kappa shape index (κ2) is 2.95. The first-order valence-corrected chi connectivity index (χ1v) is 6.20. The highest BCUT2D eigenvalue weighted by atomic mass is 32.2. The van der Waals surface area contributed by atoms with E-state index in [1.54, 1.807) is 0 Å². The number of β-lactam (4-membered cyclic amide) rings is 1. The van der Waals surface area contributed by atoms with Crippen LogP contribution in [0.2, 0.25) is 0 Å². The highest BCUT2D eigenvalue weighted by Crippen LogP contribution is 2.45. The molecule has 0 saturated carbocycles. The van der Waals surface area contributed by atoms with E-state index in [0.717, 1.165) is 11.8 Å². The molecule has 2 fully saturated rings. The molecule has 2 aliphatic heterocycles. The third-order valence-electron chi connectivity index (χ3n) is 3.36. The number of aliphatic hydroxyl groups excluding tert-OH is 1. The van der Waals surface area contributed by atoms with Crippen LogP contribution in [0.25, 0.3) is 0 Å². The van der Waals surface area contributed by atoms with Crippen molar-refractivity contribution in [2.24, 2.45) is 0 Å². The van der Waals surface area contributed by atoms with Crippen LogP contribution in [0.15, 0.2) is 0 Å². The Hall–Kier alpha value is -1.15. The average Bonchev–Trinajstić information content (AvgIpc) is 2.32. The number of rotatable bonds is 2. The molecule has 0 aromatic carbocycles. The third-order valence-corrected chi connectivity index (χ3v) is 6.12. The van der Waals surface area contributed by atoms with Crippen LogP contribution in [0.1, 0.15) is 13.3 Å². The molecule has 0 spiro atoms. The first-order chi connectivity index (χ1) is 7.27. The molecular formula is C8H11NO6S. The topological polar surface area (TPSA) is 112 Å². The summed E-state index contributed by atoms with van der Waals surface area (Å²) in [6, 6.07) is -1.49. The summed E-state index contributed by atoms with van der Waals surface area (Å²) in [4.78, 5) is 23.1. The standard InChI is InChI=1S/C8H11NO6S/c1-8(3-10)6(7(12)13)9-4(11)2-5(9)16(8,14)15/h5-6,10H,2-3H2,1H3,(H,12,13)/t5?,6?,8-/m0/s1. The van der Waals surface area contributed by atoms with Crippen LogP contribution in [-0.2, 0) is 19.4 Å². The van der Waals surface area contributed by atoms with E-state index >= 15 is 0 Å². The molecule has 90 valence electrons. The Labute approximate surface area is 91.6 Å². The van der Waals surface area contributed by atoms with Crippen molar-refractivity contribution in [1.82, 2.24) is 4.90 Å². The van der Waals surface area contributed by atoms with Gasteiger partial charge in [-0.05, 0) is 6.92 Å². The molecule has 2 heterocycles. The molecule has 2 rings (SSSR count). The van der Waals surface area contributed by atoms with Crippen LogP contribution >= 0.6 is 0 Å². The molecule has 0 bridgehead atoms. The normalized spacial score (nSPS) is 40.4. The average molecular weight is 249 g/mol. The molecule has 8 heteroatoms. The van der Waals surface area contributed by atoms with E-state index in [4.69, 9.17) is 10.2 Å². The van der Waals surface area contributed by atoms with E-state index in [9.17, 15) is 18.0 Å². The Bertz CT molecular complexity index is 471.